The van der Waals surface area contributed by atoms with Gasteiger partial charge in [-0.1, -0.05) is 54.6 Å². The van der Waals surface area contributed by atoms with E-state index in [1.54, 1.807) is 0 Å². The largest absolute Gasteiger partial charge is 0.378 e. The number of hydrogen-bond acceptors (Lipinski definition) is 5. The predicted octanol–water partition coefficient (Wildman–Crippen LogP) is 5.09. The summed E-state index contributed by atoms with van der Waals surface area (Å²) in [5.74, 6) is 1.33. The second-order valence-electron chi connectivity index (χ2n) is 8.83. The smallest absolute Gasteiger partial charge is 0.224 e. The molecule has 180 valence electrons. The lowest BCUT2D eigenvalue weighted by molar-refractivity contribution is -0.120. The van der Waals surface area contributed by atoms with Crippen molar-refractivity contribution in [2.75, 3.05) is 24.3 Å². The molecular weight excluding hydrogens is 448 g/mol. The van der Waals surface area contributed by atoms with Crippen molar-refractivity contribution >= 4 is 34.0 Å². The molecule has 0 unspecified atom stereocenters. The third-order valence-electron chi connectivity index (χ3n) is 6.01. The number of anilines is 3. The van der Waals surface area contributed by atoms with E-state index in [-0.39, 0.29) is 12.3 Å². The Bertz CT molecular complexity index is 1480. The van der Waals surface area contributed by atoms with Crippen LogP contribution in [0.3, 0.4) is 0 Å². The molecule has 0 aliphatic rings. The van der Waals surface area contributed by atoms with Crippen molar-refractivity contribution in [1.29, 1.82) is 0 Å². The fourth-order valence-electron chi connectivity index (χ4n) is 4.14. The number of nitrogens with zero attached hydrogens (tertiary/aromatic N) is 4. The molecule has 2 heterocycles. The van der Waals surface area contributed by atoms with Crippen molar-refractivity contribution in [3.63, 3.8) is 0 Å². The van der Waals surface area contributed by atoms with Gasteiger partial charge in [0.25, 0.3) is 0 Å². The normalized spacial score (nSPS) is 10.8. The average molecular weight is 477 g/mol. The molecule has 2 N–H and O–H groups in total. The Labute approximate surface area is 210 Å². The molecule has 5 rings (SSSR count). The summed E-state index contributed by atoms with van der Waals surface area (Å²) >= 11 is 0. The summed E-state index contributed by atoms with van der Waals surface area (Å²) in [6.07, 6.45) is 2.26. The van der Waals surface area contributed by atoms with E-state index in [9.17, 15) is 4.79 Å². The molecule has 1 amide bonds. The first kappa shape index (κ1) is 23.1. The van der Waals surface area contributed by atoms with Gasteiger partial charge in [-0.15, -0.1) is 10.2 Å². The molecule has 7 nitrogen and oxygen atoms in total. The van der Waals surface area contributed by atoms with E-state index >= 15 is 0 Å². The Morgan fingerprint density at radius 2 is 1.69 bits per heavy atom. The number of carbonyl (C=O) groups excluding carboxylic acids is 1. The molecular formula is C29H28N6O. The number of nitrogens with one attached hydrogen (secondary N) is 2. The molecule has 0 atom stereocenters. The first-order valence-electron chi connectivity index (χ1n) is 11.8. The van der Waals surface area contributed by atoms with Crippen molar-refractivity contribution in [2.24, 2.45) is 0 Å². The van der Waals surface area contributed by atoms with Crippen LogP contribution in [0.4, 0.5) is 17.2 Å². The maximum atomic E-state index is 12.7. The molecule has 5 aromatic rings. The Kier molecular flexibility index (Phi) is 6.62. The minimum atomic E-state index is -0.0210. The molecule has 36 heavy (non-hydrogen) atoms. The summed E-state index contributed by atoms with van der Waals surface area (Å²) in [5, 5.41) is 16.2. The van der Waals surface area contributed by atoms with Gasteiger partial charge in [0.05, 0.1) is 11.9 Å². The van der Waals surface area contributed by atoms with E-state index in [4.69, 9.17) is 0 Å². The van der Waals surface area contributed by atoms with Gasteiger partial charge in [0.15, 0.2) is 11.6 Å². The van der Waals surface area contributed by atoms with Crippen molar-refractivity contribution in [3.8, 4) is 5.82 Å². The summed E-state index contributed by atoms with van der Waals surface area (Å²) < 4.78 is 1.98. The zero-order chi connectivity index (χ0) is 24.9. The lowest BCUT2D eigenvalue weighted by Crippen LogP contribution is -2.24. The molecule has 0 fully saturated rings. The monoisotopic (exact) mass is 476 g/mol. The van der Waals surface area contributed by atoms with Gasteiger partial charge in [-0.25, -0.2) is 0 Å². The summed E-state index contributed by atoms with van der Waals surface area (Å²) in [4.78, 5) is 14.8. The molecule has 0 bridgehead atoms. The van der Waals surface area contributed by atoms with Crippen LogP contribution in [0.5, 0.6) is 0 Å². The van der Waals surface area contributed by atoms with Crippen LogP contribution in [0.1, 0.15) is 11.1 Å². The number of hydrogen-bond donors (Lipinski definition) is 2. The quantitative estimate of drug-likeness (QED) is 0.326. The number of aromatic nitrogens is 3. The number of carbonyl (C=O) groups is 1. The van der Waals surface area contributed by atoms with E-state index in [1.807, 2.05) is 104 Å². The molecule has 2 aromatic heterocycles. The second kappa shape index (κ2) is 10.3. The number of para-hydroxylation sites is 1. The van der Waals surface area contributed by atoms with Crippen LogP contribution in [-0.2, 0) is 17.8 Å². The molecule has 3 aromatic carbocycles. The third kappa shape index (κ3) is 5.20. The van der Waals surface area contributed by atoms with Crippen molar-refractivity contribution in [2.45, 2.75) is 13.0 Å². The van der Waals surface area contributed by atoms with Gasteiger partial charge < -0.3 is 15.5 Å². The van der Waals surface area contributed by atoms with Gasteiger partial charge in [0, 0.05) is 43.6 Å². The molecule has 0 spiro atoms. The molecule has 0 saturated carbocycles. The lowest BCUT2D eigenvalue weighted by Gasteiger charge is -2.14. The first-order chi connectivity index (χ1) is 17.6. The second-order valence-corrected chi connectivity index (χ2v) is 8.83. The van der Waals surface area contributed by atoms with Gasteiger partial charge in [0.1, 0.15) is 0 Å². The molecule has 0 radical (unpaired) electrons. The standard InChI is InChI=1S/C29H28N6O/c1-34(2)24-12-8-11-23(18-24)31-27-15-16-28(33-32-27)35-20-22(25-13-6-7-14-26(25)35)17-29(36)30-19-21-9-4-3-5-10-21/h3-16,18,20H,17,19H2,1-2H3,(H,30,36)(H,31,32). The lowest BCUT2D eigenvalue weighted by atomic mass is 10.1. The highest BCUT2D eigenvalue weighted by atomic mass is 16.1. The van der Waals surface area contributed by atoms with Crippen LogP contribution in [-0.4, -0.2) is 34.8 Å². The first-order valence-corrected chi connectivity index (χ1v) is 11.8. The Balaban J connectivity index is 1.34. The van der Waals surface area contributed by atoms with Crippen LogP contribution >= 0.6 is 0 Å². The topological polar surface area (TPSA) is 75.1 Å². The maximum absolute atomic E-state index is 12.7. The van der Waals surface area contributed by atoms with E-state index in [2.05, 4.69) is 37.9 Å². The van der Waals surface area contributed by atoms with Crippen LogP contribution in [0, 0.1) is 0 Å². The number of benzene rings is 3. The van der Waals surface area contributed by atoms with Crippen LogP contribution < -0.4 is 15.5 Å². The predicted molar refractivity (Wildman–Crippen MR) is 145 cm³/mol. The van der Waals surface area contributed by atoms with Crippen LogP contribution in [0.25, 0.3) is 16.7 Å². The van der Waals surface area contributed by atoms with Crippen LogP contribution in [0.15, 0.2) is 97.2 Å². The highest BCUT2D eigenvalue weighted by Gasteiger charge is 2.14. The molecule has 0 aliphatic carbocycles. The van der Waals surface area contributed by atoms with Crippen molar-refractivity contribution < 1.29 is 4.79 Å². The fraction of sp³-hybridized carbons (Fsp3) is 0.138. The maximum Gasteiger partial charge on any atom is 0.224 e. The van der Waals surface area contributed by atoms with Gasteiger partial charge in [0.2, 0.25) is 5.91 Å². The van der Waals surface area contributed by atoms with E-state index < -0.39 is 0 Å². The zero-order valence-electron chi connectivity index (χ0n) is 20.3. The Hall–Kier alpha value is -4.65. The summed E-state index contributed by atoms with van der Waals surface area (Å²) in [6.45, 7) is 0.510. The third-order valence-corrected chi connectivity index (χ3v) is 6.01. The highest BCUT2D eigenvalue weighted by molar-refractivity contribution is 5.90. The number of amides is 1. The van der Waals surface area contributed by atoms with E-state index in [0.29, 0.717) is 18.2 Å². The molecule has 7 heteroatoms. The highest BCUT2D eigenvalue weighted by Crippen LogP contribution is 2.25. The number of fused-ring (bicyclic) bond motifs is 1. The van der Waals surface area contributed by atoms with E-state index in [0.717, 1.165) is 33.4 Å². The molecule has 0 saturated heterocycles. The Morgan fingerprint density at radius 1 is 0.889 bits per heavy atom. The van der Waals surface area contributed by atoms with E-state index in [1.165, 1.54) is 0 Å². The van der Waals surface area contributed by atoms with Gasteiger partial charge in [-0.05, 0) is 47.5 Å². The van der Waals surface area contributed by atoms with Gasteiger partial charge in [-0.3, -0.25) is 9.36 Å². The zero-order valence-corrected chi connectivity index (χ0v) is 20.3. The van der Waals surface area contributed by atoms with Crippen LogP contribution in [0.2, 0.25) is 0 Å². The molecule has 0 aliphatic heterocycles. The minimum absolute atomic E-state index is 0.0210. The number of rotatable bonds is 8. The SMILES string of the molecule is CN(C)c1cccc(Nc2ccc(-n3cc(CC(=O)NCc4ccccc4)c4ccccc43)nn2)c1. The summed E-state index contributed by atoms with van der Waals surface area (Å²) in [7, 11) is 4.02. The summed E-state index contributed by atoms with van der Waals surface area (Å²) in [6, 6.07) is 29.9. The van der Waals surface area contributed by atoms with Crippen molar-refractivity contribution in [3.05, 3.63) is 108 Å². The Morgan fingerprint density at radius 3 is 2.47 bits per heavy atom. The minimum Gasteiger partial charge on any atom is -0.378 e. The summed E-state index contributed by atoms with van der Waals surface area (Å²) in [5.41, 5.74) is 5.05. The van der Waals surface area contributed by atoms with Crippen molar-refractivity contribution in [1.82, 2.24) is 20.1 Å². The van der Waals surface area contributed by atoms with Gasteiger partial charge in [-0.2, -0.15) is 0 Å². The van der Waals surface area contributed by atoms with Gasteiger partial charge >= 0.3 is 0 Å². The average Bonchev–Trinajstić information content (AvgIpc) is 3.27. The fourth-order valence-corrected chi connectivity index (χ4v) is 4.14.